The van der Waals surface area contributed by atoms with E-state index >= 15 is 0 Å². The minimum absolute atomic E-state index is 0.104. The van der Waals surface area contributed by atoms with Gasteiger partial charge in [0.05, 0.1) is 16.6 Å². The van der Waals surface area contributed by atoms with Crippen molar-refractivity contribution in [1.29, 1.82) is 0 Å². The maximum Gasteiger partial charge on any atom is 0.221 e. The normalized spacial score (nSPS) is 11.5. The van der Waals surface area contributed by atoms with Crippen molar-refractivity contribution >= 4 is 39.0 Å². The molecule has 0 saturated carbocycles. The summed E-state index contributed by atoms with van der Waals surface area (Å²) in [6, 6.07) is 16.2. The maximum atomic E-state index is 12.5. The van der Waals surface area contributed by atoms with Gasteiger partial charge >= 0.3 is 0 Å². The molecule has 4 aromatic rings. The number of hydrogen-bond acceptors (Lipinski definition) is 3. The molecule has 0 saturated heterocycles. The van der Waals surface area contributed by atoms with Crippen LogP contribution in [0.4, 0.5) is 0 Å². The number of nitrogens with zero attached hydrogens (tertiary/aromatic N) is 3. The zero-order chi connectivity index (χ0) is 22.2. The number of unbranched alkanes of at least 4 members (excludes halogenated alkanes) is 7. The molecule has 5 nitrogen and oxygen atoms in total. The van der Waals surface area contributed by atoms with E-state index in [2.05, 4.69) is 28.9 Å². The fourth-order valence-electron chi connectivity index (χ4n) is 4.40. The predicted molar refractivity (Wildman–Crippen MR) is 133 cm³/mol. The van der Waals surface area contributed by atoms with Crippen LogP contribution in [0.3, 0.4) is 0 Å². The van der Waals surface area contributed by atoms with Crippen LogP contribution in [0, 0.1) is 0 Å². The number of rotatable bonds is 12. The quantitative estimate of drug-likeness (QED) is 0.265. The first kappa shape index (κ1) is 22.3. The van der Waals surface area contributed by atoms with Gasteiger partial charge in [-0.2, -0.15) is 0 Å². The number of hydrogen-bond donors (Lipinski definition) is 1. The highest BCUT2D eigenvalue weighted by Crippen LogP contribution is 2.28. The molecule has 2 aromatic carbocycles. The van der Waals surface area contributed by atoms with Gasteiger partial charge in [-0.25, -0.2) is 9.97 Å². The smallest absolute Gasteiger partial charge is 0.221 e. The van der Waals surface area contributed by atoms with E-state index in [1.54, 1.807) is 0 Å². The summed E-state index contributed by atoms with van der Waals surface area (Å²) in [5.74, 6) is 0.104. The summed E-state index contributed by atoms with van der Waals surface area (Å²) >= 11 is 0. The lowest BCUT2D eigenvalue weighted by Crippen LogP contribution is -2.25. The van der Waals surface area contributed by atoms with Crippen LogP contribution >= 0.6 is 0 Å². The van der Waals surface area contributed by atoms with Crippen molar-refractivity contribution in [1.82, 2.24) is 19.9 Å². The number of para-hydroxylation sites is 3. The Bertz CT molecular complexity index is 1180. The van der Waals surface area contributed by atoms with Crippen molar-refractivity contribution in [2.75, 3.05) is 6.54 Å². The zero-order valence-corrected chi connectivity index (χ0v) is 19.1. The molecule has 0 unspecified atom stereocenters. The standard InChI is InChI=1S/C27H34N4O/c1-2-3-4-5-6-7-8-13-19-28-25(32)18-20-31-24-17-12-9-14-21(24)26-27(31)30-23-16-11-10-15-22(23)29-26/h9-12,14-17H,2-8,13,18-20H2,1H3,(H,28,32). The monoisotopic (exact) mass is 430 g/mol. The van der Waals surface area contributed by atoms with E-state index in [0.29, 0.717) is 13.0 Å². The molecule has 1 amide bonds. The Morgan fingerprint density at radius 3 is 2.28 bits per heavy atom. The Morgan fingerprint density at radius 1 is 0.844 bits per heavy atom. The van der Waals surface area contributed by atoms with Crippen molar-refractivity contribution in [3.05, 3.63) is 48.5 Å². The van der Waals surface area contributed by atoms with Crippen LogP contribution in [0.5, 0.6) is 0 Å². The van der Waals surface area contributed by atoms with Crippen LogP contribution in [0.1, 0.15) is 64.7 Å². The number of fused-ring (bicyclic) bond motifs is 4. The lowest BCUT2D eigenvalue weighted by atomic mass is 10.1. The average molecular weight is 431 g/mol. The molecule has 4 rings (SSSR count). The Balaban J connectivity index is 1.35. The van der Waals surface area contributed by atoms with E-state index in [0.717, 1.165) is 46.1 Å². The van der Waals surface area contributed by atoms with Crippen molar-refractivity contribution in [2.24, 2.45) is 0 Å². The maximum absolute atomic E-state index is 12.5. The molecule has 0 fully saturated rings. The summed E-state index contributed by atoms with van der Waals surface area (Å²) in [6.07, 6.45) is 10.6. The van der Waals surface area contributed by atoms with E-state index in [9.17, 15) is 4.79 Å². The Hall–Kier alpha value is -2.95. The Labute approximate surface area is 190 Å². The Kier molecular flexibility index (Phi) is 7.70. The number of nitrogens with one attached hydrogen (secondary N) is 1. The molecule has 2 heterocycles. The van der Waals surface area contributed by atoms with E-state index in [1.165, 1.54) is 44.9 Å². The average Bonchev–Trinajstić information content (AvgIpc) is 3.13. The van der Waals surface area contributed by atoms with Crippen LogP contribution in [-0.2, 0) is 11.3 Å². The van der Waals surface area contributed by atoms with Crippen molar-refractivity contribution < 1.29 is 4.79 Å². The fourth-order valence-corrected chi connectivity index (χ4v) is 4.40. The molecule has 0 aliphatic heterocycles. The SMILES string of the molecule is CCCCCCCCCCNC(=O)CCn1c2ccccc2c2nc3ccccc3nc21. The van der Waals surface area contributed by atoms with E-state index in [-0.39, 0.29) is 5.91 Å². The van der Waals surface area contributed by atoms with Gasteiger partial charge in [0.15, 0.2) is 5.65 Å². The Morgan fingerprint density at radius 2 is 1.50 bits per heavy atom. The number of aromatic nitrogens is 3. The largest absolute Gasteiger partial charge is 0.356 e. The van der Waals surface area contributed by atoms with Crippen molar-refractivity contribution in [2.45, 2.75) is 71.3 Å². The minimum Gasteiger partial charge on any atom is -0.356 e. The molecular weight excluding hydrogens is 396 g/mol. The number of carbonyl (C=O) groups is 1. The number of amides is 1. The lowest BCUT2D eigenvalue weighted by Gasteiger charge is -2.08. The predicted octanol–water partition coefficient (Wildman–Crippen LogP) is 6.38. The van der Waals surface area contributed by atoms with E-state index in [1.807, 2.05) is 36.4 Å². The van der Waals surface area contributed by atoms with Crippen LogP contribution in [0.2, 0.25) is 0 Å². The van der Waals surface area contributed by atoms with Crippen molar-refractivity contribution in [3.8, 4) is 0 Å². The van der Waals surface area contributed by atoms with Gasteiger partial charge in [-0.05, 0) is 24.6 Å². The second kappa shape index (κ2) is 11.1. The van der Waals surface area contributed by atoms with Gasteiger partial charge in [-0.15, -0.1) is 0 Å². The number of benzene rings is 2. The molecule has 0 aliphatic rings. The van der Waals surface area contributed by atoms with Crippen LogP contribution in [-0.4, -0.2) is 27.0 Å². The summed E-state index contributed by atoms with van der Waals surface area (Å²) in [5, 5.41) is 4.18. The summed E-state index contributed by atoms with van der Waals surface area (Å²) < 4.78 is 2.14. The van der Waals surface area contributed by atoms with Crippen LogP contribution in [0.15, 0.2) is 48.5 Å². The third kappa shape index (κ3) is 5.26. The highest BCUT2D eigenvalue weighted by Gasteiger charge is 2.15. The number of carbonyl (C=O) groups excluding carboxylic acids is 1. The van der Waals surface area contributed by atoms with Gasteiger partial charge in [-0.3, -0.25) is 4.79 Å². The van der Waals surface area contributed by atoms with Gasteiger partial charge in [0.1, 0.15) is 5.52 Å². The van der Waals surface area contributed by atoms with Gasteiger partial charge in [-0.1, -0.05) is 82.2 Å². The molecule has 1 N–H and O–H groups in total. The molecule has 2 aromatic heterocycles. The third-order valence-electron chi connectivity index (χ3n) is 6.17. The van der Waals surface area contributed by atoms with Crippen LogP contribution in [0.25, 0.3) is 33.1 Å². The molecular formula is C27H34N4O. The summed E-state index contributed by atoms with van der Waals surface area (Å²) in [4.78, 5) is 22.2. The van der Waals surface area contributed by atoms with Gasteiger partial charge in [0.25, 0.3) is 0 Å². The fraction of sp³-hybridized carbons (Fsp3) is 0.444. The molecule has 5 heteroatoms. The zero-order valence-electron chi connectivity index (χ0n) is 19.1. The number of aryl methyl sites for hydroxylation is 1. The second-order valence-corrected chi connectivity index (χ2v) is 8.63. The van der Waals surface area contributed by atoms with Gasteiger partial charge in [0, 0.05) is 24.9 Å². The molecule has 0 atom stereocenters. The lowest BCUT2D eigenvalue weighted by molar-refractivity contribution is -0.121. The summed E-state index contributed by atoms with van der Waals surface area (Å²) in [5.41, 5.74) is 4.60. The highest BCUT2D eigenvalue weighted by molar-refractivity contribution is 6.06. The molecule has 0 radical (unpaired) electrons. The first-order valence-corrected chi connectivity index (χ1v) is 12.2. The summed E-state index contributed by atoms with van der Waals surface area (Å²) in [7, 11) is 0. The third-order valence-corrected chi connectivity index (χ3v) is 6.17. The molecule has 0 aliphatic carbocycles. The minimum atomic E-state index is 0.104. The summed E-state index contributed by atoms with van der Waals surface area (Å²) in [6.45, 7) is 3.62. The first-order valence-electron chi connectivity index (χ1n) is 12.2. The molecule has 32 heavy (non-hydrogen) atoms. The van der Waals surface area contributed by atoms with Gasteiger partial charge < -0.3 is 9.88 Å². The molecule has 168 valence electrons. The topological polar surface area (TPSA) is 59.8 Å². The van der Waals surface area contributed by atoms with Gasteiger partial charge in [0.2, 0.25) is 5.91 Å². The van der Waals surface area contributed by atoms with Crippen molar-refractivity contribution in [3.63, 3.8) is 0 Å². The first-order chi connectivity index (χ1) is 15.8. The second-order valence-electron chi connectivity index (χ2n) is 8.63. The molecule has 0 spiro atoms. The highest BCUT2D eigenvalue weighted by atomic mass is 16.1. The van der Waals surface area contributed by atoms with E-state index in [4.69, 9.17) is 9.97 Å². The van der Waals surface area contributed by atoms with E-state index < -0.39 is 0 Å². The van der Waals surface area contributed by atoms with Crippen LogP contribution < -0.4 is 5.32 Å². The molecule has 0 bridgehead atoms.